The summed E-state index contributed by atoms with van der Waals surface area (Å²) < 4.78 is 27.5. The molecule has 0 aliphatic carbocycles. The number of rotatable bonds is 6. The van der Waals surface area contributed by atoms with Crippen molar-refractivity contribution < 1.29 is 17.9 Å². The molecule has 19 heavy (non-hydrogen) atoms. The van der Waals surface area contributed by atoms with E-state index in [0.29, 0.717) is 13.2 Å². The Hall–Kier alpha value is -1.38. The number of aromatic amines is 1. The van der Waals surface area contributed by atoms with Gasteiger partial charge in [-0.3, -0.25) is 4.79 Å². The molecule has 0 radical (unpaired) electrons. The first kappa shape index (κ1) is 15.7. The van der Waals surface area contributed by atoms with Crippen molar-refractivity contribution in [3.8, 4) is 0 Å². The lowest BCUT2D eigenvalue weighted by Crippen LogP contribution is -2.31. The second-order valence-electron chi connectivity index (χ2n) is 4.44. The van der Waals surface area contributed by atoms with Gasteiger partial charge in [-0.2, -0.15) is 0 Å². The molecule has 1 aromatic rings. The Labute approximate surface area is 112 Å². The summed E-state index contributed by atoms with van der Waals surface area (Å²) in [7, 11) is -2.18. The maximum atomic E-state index is 12.0. The van der Waals surface area contributed by atoms with E-state index in [4.69, 9.17) is 9.88 Å². The first-order chi connectivity index (χ1) is 8.71. The molecule has 0 aliphatic rings. The number of hydrogen-bond acceptors (Lipinski definition) is 4. The standard InChI is InChI=1S/C11H19N3O4S/c1-8(2)18-5-4-14(3)11(15)10-6-9(7-13-10)19(12,16)17/h6-8,13H,4-5H2,1-3H3,(H2,12,16,17). The van der Waals surface area contributed by atoms with Crippen LogP contribution in [0, 0.1) is 0 Å². The fourth-order valence-corrected chi connectivity index (χ4v) is 1.90. The van der Waals surface area contributed by atoms with Gasteiger partial charge < -0.3 is 14.6 Å². The Balaban J connectivity index is 2.65. The molecule has 3 N–H and O–H groups in total. The first-order valence-corrected chi connectivity index (χ1v) is 7.34. The molecular formula is C11H19N3O4S. The zero-order valence-electron chi connectivity index (χ0n) is 11.2. The Bertz CT molecular complexity index is 536. The SMILES string of the molecule is CC(C)OCCN(C)C(=O)c1cc(S(N)(=O)=O)c[nH]1. The normalized spacial score (nSPS) is 11.8. The molecule has 0 aliphatic heterocycles. The summed E-state index contributed by atoms with van der Waals surface area (Å²) in [5.41, 5.74) is 0.177. The Morgan fingerprint density at radius 3 is 2.63 bits per heavy atom. The number of aromatic nitrogens is 1. The van der Waals surface area contributed by atoms with E-state index < -0.39 is 10.0 Å². The van der Waals surface area contributed by atoms with Crippen LogP contribution in [0.25, 0.3) is 0 Å². The van der Waals surface area contributed by atoms with Gasteiger partial charge in [0, 0.05) is 19.8 Å². The van der Waals surface area contributed by atoms with Gasteiger partial charge in [-0.15, -0.1) is 0 Å². The van der Waals surface area contributed by atoms with Gasteiger partial charge in [0.05, 0.1) is 17.6 Å². The van der Waals surface area contributed by atoms with Crippen LogP contribution in [0.4, 0.5) is 0 Å². The zero-order valence-corrected chi connectivity index (χ0v) is 12.0. The summed E-state index contributed by atoms with van der Waals surface area (Å²) >= 11 is 0. The number of hydrogen-bond donors (Lipinski definition) is 2. The smallest absolute Gasteiger partial charge is 0.270 e. The van der Waals surface area contributed by atoms with Gasteiger partial charge in [0.15, 0.2) is 0 Å². The average molecular weight is 289 g/mol. The Kier molecular flexibility index (Phi) is 5.10. The fraction of sp³-hybridized carbons (Fsp3) is 0.545. The van der Waals surface area contributed by atoms with Gasteiger partial charge in [0.25, 0.3) is 5.91 Å². The molecule has 108 valence electrons. The highest BCUT2D eigenvalue weighted by molar-refractivity contribution is 7.89. The van der Waals surface area contributed by atoms with E-state index in [1.54, 1.807) is 7.05 Å². The minimum absolute atomic E-state index is 0.1000. The van der Waals surface area contributed by atoms with Gasteiger partial charge in [-0.25, -0.2) is 13.6 Å². The fourth-order valence-electron chi connectivity index (χ4n) is 1.39. The maximum Gasteiger partial charge on any atom is 0.270 e. The summed E-state index contributed by atoms with van der Waals surface area (Å²) in [4.78, 5) is 15.9. The third kappa shape index (κ3) is 4.66. The van der Waals surface area contributed by atoms with Gasteiger partial charge in [-0.1, -0.05) is 0 Å². The summed E-state index contributed by atoms with van der Waals surface area (Å²) in [6, 6.07) is 1.22. The lowest BCUT2D eigenvalue weighted by atomic mass is 10.4. The molecule has 0 atom stereocenters. The molecule has 0 fully saturated rings. The zero-order chi connectivity index (χ0) is 14.6. The van der Waals surface area contributed by atoms with Crippen molar-refractivity contribution in [3.05, 3.63) is 18.0 Å². The van der Waals surface area contributed by atoms with Crippen molar-refractivity contribution >= 4 is 15.9 Å². The number of sulfonamides is 1. The topological polar surface area (TPSA) is 105 Å². The van der Waals surface area contributed by atoms with Crippen molar-refractivity contribution in [2.75, 3.05) is 20.2 Å². The van der Waals surface area contributed by atoms with E-state index in [0.717, 1.165) is 0 Å². The number of nitrogens with two attached hydrogens (primary N) is 1. The highest BCUT2D eigenvalue weighted by Crippen LogP contribution is 2.10. The van der Waals surface area contributed by atoms with Crippen LogP contribution >= 0.6 is 0 Å². The van der Waals surface area contributed by atoms with E-state index in [2.05, 4.69) is 4.98 Å². The predicted octanol–water partition coefficient (Wildman–Crippen LogP) is 0.159. The number of carbonyl (C=O) groups is 1. The largest absolute Gasteiger partial charge is 0.377 e. The number of amides is 1. The monoisotopic (exact) mass is 289 g/mol. The maximum absolute atomic E-state index is 12.0. The molecular weight excluding hydrogens is 270 g/mol. The molecule has 0 unspecified atom stereocenters. The average Bonchev–Trinajstić information content (AvgIpc) is 2.76. The summed E-state index contributed by atoms with van der Waals surface area (Å²) in [5.74, 6) is -0.317. The molecule has 8 heteroatoms. The van der Waals surface area contributed by atoms with Crippen LogP contribution < -0.4 is 5.14 Å². The second-order valence-corrected chi connectivity index (χ2v) is 6.00. The lowest BCUT2D eigenvalue weighted by Gasteiger charge is -2.17. The lowest BCUT2D eigenvalue weighted by molar-refractivity contribution is 0.0529. The summed E-state index contributed by atoms with van der Waals surface area (Å²) in [6.07, 6.45) is 1.30. The van der Waals surface area contributed by atoms with Crippen LogP contribution in [0.3, 0.4) is 0 Å². The molecule has 0 aromatic carbocycles. The number of ether oxygens (including phenoxy) is 1. The number of nitrogens with one attached hydrogen (secondary N) is 1. The Morgan fingerprint density at radius 1 is 1.53 bits per heavy atom. The molecule has 1 aromatic heterocycles. The van der Waals surface area contributed by atoms with Crippen LogP contribution in [0.2, 0.25) is 0 Å². The quantitative estimate of drug-likeness (QED) is 0.778. The van der Waals surface area contributed by atoms with E-state index in [1.165, 1.54) is 17.2 Å². The highest BCUT2D eigenvalue weighted by Gasteiger charge is 2.17. The number of primary sulfonamides is 1. The van der Waals surface area contributed by atoms with Crippen LogP contribution in [-0.2, 0) is 14.8 Å². The minimum atomic E-state index is -3.80. The number of likely N-dealkylation sites (N-methyl/N-ethyl adjacent to an activating group) is 1. The first-order valence-electron chi connectivity index (χ1n) is 5.80. The van der Waals surface area contributed by atoms with Crippen molar-refractivity contribution in [2.45, 2.75) is 24.8 Å². The molecule has 0 saturated heterocycles. The van der Waals surface area contributed by atoms with E-state index in [1.807, 2.05) is 13.8 Å². The predicted molar refractivity (Wildman–Crippen MR) is 70.2 cm³/mol. The van der Waals surface area contributed by atoms with Crippen LogP contribution in [-0.4, -0.2) is 50.5 Å². The Morgan fingerprint density at radius 2 is 2.16 bits per heavy atom. The van der Waals surface area contributed by atoms with Crippen LogP contribution in [0.15, 0.2) is 17.2 Å². The van der Waals surface area contributed by atoms with Gasteiger partial charge in [-0.05, 0) is 19.9 Å². The second kappa shape index (κ2) is 6.18. The highest BCUT2D eigenvalue weighted by atomic mass is 32.2. The van der Waals surface area contributed by atoms with E-state index >= 15 is 0 Å². The molecule has 0 bridgehead atoms. The summed E-state index contributed by atoms with van der Waals surface area (Å²) in [6.45, 7) is 4.65. The molecule has 7 nitrogen and oxygen atoms in total. The summed E-state index contributed by atoms with van der Waals surface area (Å²) in [5, 5.41) is 4.97. The van der Waals surface area contributed by atoms with Crippen LogP contribution in [0.5, 0.6) is 0 Å². The van der Waals surface area contributed by atoms with E-state index in [9.17, 15) is 13.2 Å². The molecule has 0 saturated carbocycles. The molecule has 1 amide bonds. The minimum Gasteiger partial charge on any atom is -0.377 e. The van der Waals surface area contributed by atoms with E-state index in [-0.39, 0.29) is 22.6 Å². The molecule has 1 heterocycles. The van der Waals surface area contributed by atoms with Gasteiger partial charge >= 0.3 is 0 Å². The number of H-pyrrole nitrogens is 1. The number of carbonyl (C=O) groups excluding carboxylic acids is 1. The van der Waals surface area contributed by atoms with Crippen molar-refractivity contribution in [2.24, 2.45) is 5.14 Å². The van der Waals surface area contributed by atoms with Crippen molar-refractivity contribution in [1.29, 1.82) is 0 Å². The van der Waals surface area contributed by atoms with Crippen molar-refractivity contribution in [3.63, 3.8) is 0 Å². The third-order valence-corrected chi connectivity index (χ3v) is 3.33. The van der Waals surface area contributed by atoms with Crippen LogP contribution in [0.1, 0.15) is 24.3 Å². The van der Waals surface area contributed by atoms with Gasteiger partial charge in [0.1, 0.15) is 5.69 Å². The van der Waals surface area contributed by atoms with Crippen molar-refractivity contribution in [1.82, 2.24) is 9.88 Å². The third-order valence-electron chi connectivity index (χ3n) is 2.44. The van der Waals surface area contributed by atoms with Gasteiger partial charge in [0.2, 0.25) is 10.0 Å². The molecule has 1 rings (SSSR count). The molecule has 0 spiro atoms. The number of nitrogens with zero attached hydrogens (tertiary/aromatic N) is 1.